The van der Waals surface area contributed by atoms with Gasteiger partial charge in [-0.3, -0.25) is 9.59 Å². The number of likely N-dealkylation sites (N-methyl/N-ethyl adjacent to an activating group) is 2. The van der Waals surface area contributed by atoms with Crippen molar-refractivity contribution in [1.82, 2.24) is 19.7 Å². The summed E-state index contributed by atoms with van der Waals surface area (Å²) in [4.78, 5) is 35.6. The lowest BCUT2D eigenvalue weighted by Crippen LogP contribution is -2.51. The number of ether oxygens (including phenoxy) is 1. The number of aliphatic hydroxyl groups is 1. The summed E-state index contributed by atoms with van der Waals surface area (Å²) >= 11 is 0. The van der Waals surface area contributed by atoms with Crippen LogP contribution in [-0.4, -0.2) is 96.1 Å². The third-order valence-corrected chi connectivity index (χ3v) is 5.98. The van der Waals surface area contributed by atoms with Crippen molar-refractivity contribution in [3.8, 4) is 17.7 Å². The predicted octanol–water partition coefficient (Wildman–Crippen LogP) is 1.72. The molecule has 2 aromatic rings. The molecule has 0 bridgehead atoms. The summed E-state index contributed by atoms with van der Waals surface area (Å²) in [5.74, 6) is 5.97. The number of rotatable bonds is 6. The van der Waals surface area contributed by atoms with Gasteiger partial charge in [-0.2, -0.15) is 0 Å². The zero-order chi connectivity index (χ0) is 25.5. The largest absolute Gasteiger partial charge is 0.472 e. The van der Waals surface area contributed by atoms with Crippen molar-refractivity contribution in [2.75, 3.05) is 47.4 Å². The van der Waals surface area contributed by atoms with E-state index >= 15 is 0 Å². The molecule has 3 rings (SSSR count). The van der Waals surface area contributed by atoms with Gasteiger partial charge in [0.2, 0.25) is 11.8 Å². The lowest BCUT2D eigenvalue weighted by atomic mass is 10.00. The van der Waals surface area contributed by atoms with Gasteiger partial charge in [0.25, 0.3) is 5.91 Å². The molecule has 186 valence electrons. The fourth-order valence-corrected chi connectivity index (χ4v) is 3.82. The first kappa shape index (κ1) is 26.2. The lowest BCUT2D eigenvalue weighted by molar-refractivity contribution is -0.132. The van der Waals surface area contributed by atoms with Gasteiger partial charge in [-0.05, 0) is 39.2 Å². The number of hydrogen-bond acceptors (Lipinski definition) is 6. The van der Waals surface area contributed by atoms with Crippen molar-refractivity contribution in [2.24, 2.45) is 5.92 Å². The number of carbonyl (C=O) groups excluding carboxylic acids is 2. The molecule has 1 aromatic heterocycles. The van der Waals surface area contributed by atoms with Crippen molar-refractivity contribution in [1.29, 1.82) is 0 Å². The third kappa shape index (κ3) is 6.81. The lowest BCUT2D eigenvalue weighted by Gasteiger charge is -2.37. The van der Waals surface area contributed by atoms with E-state index in [0.29, 0.717) is 30.8 Å². The highest BCUT2D eigenvalue weighted by molar-refractivity contribution is 5.97. The van der Waals surface area contributed by atoms with Crippen molar-refractivity contribution >= 4 is 11.8 Å². The first-order chi connectivity index (χ1) is 16.7. The van der Waals surface area contributed by atoms with Crippen LogP contribution in [-0.2, 0) is 4.79 Å². The van der Waals surface area contributed by atoms with Crippen molar-refractivity contribution < 1.29 is 19.4 Å². The summed E-state index contributed by atoms with van der Waals surface area (Å²) in [7, 11) is 5.44. The second kappa shape index (κ2) is 11.8. The summed E-state index contributed by atoms with van der Waals surface area (Å²) in [6.45, 7) is 4.63. The van der Waals surface area contributed by atoms with Crippen LogP contribution in [0.3, 0.4) is 0 Å². The molecule has 0 spiro atoms. The van der Waals surface area contributed by atoms with Crippen LogP contribution >= 0.6 is 0 Å². The van der Waals surface area contributed by atoms with Crippen LogP contribution in [0.4, 0.5) is 0 Å². The highest BCUT2D eigenvalue weighted by Gasteiger charge is 2.34. The summed E-state index contributed by atoms with van der Waals surface area (Å²) < 4.78 is 6.25. The van der Waals surface area contributed by atoms with Gasteiger partial charge in [0.1, 0.15) is 11.7 Å². The quantitative estimate of drug-likeness (QED) is 0.637. The maximum atomic E-state index is 13.5. The van der Waals surface area contributed by atoms with Gasteiger partial charge >= 0.3 is 0 Å². The maximum Gasteiger partial charge on any atom is 0.259 e. The van der Waals surface area contributed by atoms with Gasteiger partial charge in [-0.1, -0.05) is 37.0 Å². The Morgan fingerprint density at radius 3 is 2.57 bits per heavy atom. The highest BCUT2D eigenvalue weighted by Crippen LogP contribution is 2.27. The SMILES string of the molecule is C[C@@H]1CN([C@H](C)CO)C(=O)c2cc(C#Cc3ccccc3)cnc2O[C@H]1CN(C)C(=O)CN(C)C. The monoisotopic (exact) mass is 478 g/mol. The fraction of sp³-hybridized carbons (Fsp3) is 0.444. The number of fused-ring (bicyclic) bond motifs is 1. The molecule has 8 heteroatoms. The van der Waals surface area contributed by atoms with Crippen molar-refractivity contribution in [3.63, 3.8) is 0 Å². The van der Waals surface area contributed by atoms with Crippen LogP contribution in [0.15, 0.2) is 42.6 Å². The minimum Gasteiger partial charge on any atom is -0.472 e. The van der Waals surface area contributed by atoms with Crippen LogP contribution in [0.5, 0.6) is 5.88 Å². The van der Waals surface area contributed by atoms with Crippen LogP contribution in [0.2, 0.25) is 0 Å². The van der Waals surface area contributed by atoms with Gasteiger partial charge in [0.05, 0.1) is 25.7 Å². The zero-order valence-electron chi connectivity index (χ0n) is 21.1. The smallest absolute Gasteiger partial charge is 0.259 e. The van der Waals surface area contributed by atoms with E-state index in [9.17, 15) is 14.7 Å². The minimum absolute atomic E-state index is 0.0239. The first-order valence-electron chi connectivity index (χ1n) is 11.7. The molecule has 0 unspecified atom stereocenters. The van der Waals surface area contributed by atoms with Gasteiger partial charge in [0.15, 0.2) is 0 Å². The van der Waals surface area contributed by atoms with E-state index in [1.165, 1.54) is 0 Å². The molecule has 0 saturated heterocycles. The second-order valence-electron chi connectivity index (χ2n) is 9.33. The van der Waals surface area contributed by atoms with E-state index in [1.807, 2.05) is 56.3 Å². The molecule has 1 aliphatic rings. The van der Waals surface area contributed by atoms with Gasteiger partial charge < -0.3 is 24.5 Å². The van der Waals surface area contributed by atoms with Crippen LogP contribution in [0.1, 0.15) is 35.3 Å². The van der Waals surface area contributed by atoms with E-state index in [-0.39, 0.29) is 42.4 Å². The van der Waals surface area contributed by atoms with Crippen molar-refractivity contribution in [3.05, 3.63) is 59.3 Å². The molecule has 35 heavy (non-hydrogen) atoms. The Kier molecular flexibility index (Phi) is 8.85. The van der Waals surface area contributed by atoms with Gasteiger partial charge in [0, 0.05) is 36.8 Å². The molecular weight excluding hydrogens is 444 g/mol. The Bertz CT molecular complexity index is 1090. The number of aromatic nitrogens is 1. The molecule has 0 saturated carbocycles. The molecular formula is C27H34N4O4. The molecule has 0 aliphatic carbocycles. The Morgan fingerprint density at radius 1 is 1.23 bits per heavy atom. The van der Waals surface area contributed by atoms with Gasteiger partial charge in [-0.15, -0.1) is 0 Å². The second-order valence-corrected chi connectivity index (χ2v) is 9.33. The number of aliphatic hydroxyl groups excluding tert-OH is 1. The number of nitrogens with zero attached hydrogens (tertiary/aromatic N) is 4. The van der Waals surface area contributed by atoms with Crippen LogP contribution < -0.4 is 4.74 Å². The number of benzene rings is 1. The van der Waals surface area contributed by atoms with E-state index in [1.54, 1.807) is 36.0 Å². The Hall–Kier alpha value is -3.41. The molecule has 3 atom stereocenters. The van der Waals surface area contributed by atoms with Gasteiger partial charge in [-0.25, -0.2) is 4.98 Å². The van der Waals surface area contributed by atoms with E-state index in [0.717, 1.165) is 5.56 Å². The highest BCUT2D eigenvalue weighted by atomic mass is 16.5. The Labute approximate surface area is 207 Å². The number of carbonyl (C=O) groups is 2. The normalized spacial score (nSPS) is 18.5. The molecule has 2 heterocycles. The average Bonchev–Trinajstić information content (AvgIpc) is 2.84. The van der Waals surface area contributed by atoms with E-state index < -0.39 is 0 Å². The topological polar surface area (TPSA) is 86.2 Å². The third-order valence-electron chi connectivity index (χ3n) is 5.98. The molecule has 1 N–H and O–H groups in total. The molecule has 1 aromatic carbocycles. The van der Waals surface area contributed by atoms with E-state index in [4.69, 9.17) is 4.74 Å². The molecule has 1 aliphatic heterocycles. The molecule has 0 radical (unpaired) electrons. The van der Waals surface area contributed by atoms with Crippen LogP contribution in [0.25, 0.3) is 0 Å². The average molecular weight is 479 g/mol. The predicted molar refractivity (Wildman–Crippen MR) is 134 cm³/mol. The Morgan fingerprint density at radius 2 is 1.91 bits per heavy atom. The maximum absolute atomic E-state index is 13.5. The number of amides is 2. The minimum atomic E-state index is -0.389. The Balaban J connectivity index is 1.95. The van der Waals surface area contributed by atoms with Crippen LogP contribution in [0, 0.1) is 17.8 Å². The fourth-order valence-electron chi connectivity index (χ4n) is 3.82. The molecule has 8 nitrogen and oxygen atoms in total. The molecule has 0 fully saturated rings. The summed E-state index contributed by atoms with van der Waals surface area (Å²) in [5, 5.41) is 9.81. The number of hydrogen-bond donors (Lipinski definition) is 1. The van der Waals surface area contributed by atoms with Crippen molar-refractivity contribution in [2.45, 2.75) is 26.0 Å². The summed E-state index contributed by atoms with van der Waals surface area (Å²) in [5.41, 5.74) is 1.74. The first-order valence-corrected chi connectivity index (χ1v) is 11.7. The number of pyridine rings is 1. The zero-order valence-corrected chi connectivity index (χ0v) is 21.1. The molecule has 2 amide bonds. The summed E-state index contributed by atoms with van der Waals surface area (Å²) in [6, 6.07) is 10.9. The van der Waals surface area contributed by atoms with E-state index in [2.05, 4.69) is 16.8 Å². The standard InChI is InChI=1S/C27H34N4O4/c1-19-15-31(20(2)18-32)27(34)23-13-22(12-11-21-9-7-6-8-10-21)14-28-26(23)35-24(19)16-30(5)25(33)17-29(3)4/h6-10,13-14,19-20,24,32H,15-18H2,1-5H3/t19-,20-,24+/m1/s1. The summed E-state index contributed by atoms with van der Waals surface area (Å²) in [6.07, 6.45) is 1.20.